The number of benzene rings is 1. The fourth-order valence-electron chi connectivity index (χ4n) is 3.59. The van der Waals surface area contributed by atoms with Crippen LogP contribution in [0, 0.1) is 5.82 Å². The van der Waals surface area contributed by atoms with Crippen LogP contribution in [-0.4, -0.2) is 53.4 Å². The fraction of sp³-hybridized carbons (Fsp3) is 0.389. The molecule has 3 aromatic rings. The van der Waals surface area contributed by atoms with Gasteiger partial charge in [0, 0.05) is 10.4 Å². The van der Waals surface area contributed by atoms with Crippen LogP contribution < -0.4 is 9.80 Å². The molecule has 0 spiro atoms. The predicted molar refractivity (Wildman–Crippen MR) is 96.8 cm³/mol. The van der Waals surface area contributed by atoms with E-state index in [4.69, 9.17) is 0 Å². The number of rotatable bonds is 5. The molecule has 1 atom stereocenters. The van der Waals surface area contributed by atoms with Crippen LogP contribution in [-0.2, 0) is 6.54 Å². The largest absolute Gasteiger partial charge is 0.328 e. The molecule has 8 heteroatoms. The molecule has 0 bridgehead atoms. The van der Waals surface area contributed by atoms with E-state index in [9.17, 15) is 4.39 Å². The number of thiophene rings is 1. The standard InChI is InChI=1S/C18H21FN6S/c1-23-8-10-24(11-9-23)17(14-4-6-15(19)7-5-14)18-20-21-22-25(18)13-16-3-2-12-26-16/h2-7,12,17H,8-11,13H2,1H3/p+2/t17-/m0/s1. The van der Waals surface area contributed by atoms with Gasteiger partial charge in [-0.25, -0.2) is 9.07 Å². The Hall–Kier alpha value is -2.16. The van der Waals surface area contributed by atoms with Crippen molar-refractivity contribution in [1.82, 2.24) is 20.2 Å². The SMILES string of the molecule is C[NH+]1CC[NH+]([C@@H](c2ccc(F)cc2)c2nnnn2Cc2cccs2)CC1. The number of halogens is 1. The van der Waals surface area contributed by atoms with E-state index in [1.165, 1.54) is 21.9 Å². The molecule has 0 aliphatic carbocycles. The van der Waals surface area contributed by atoms with E-state index < -0.39 is 0 Å². The lowest BCUT2D eigenvalue weighted by atomic mass is 10.0. The Balaban J connectivity index is 1.69. The molecule has 2 N–H and O–H groups in total. The van der Waals surface area contributed by atoms with Crippen molar-refractivity contribution in [3.8, 4) is 0 Å². The van der Waals surface area contributed by atoms with Gasteiger partial charge in [0.25, 0.3) is 0 Å². The van der Waals surface area contributed by atoms with Crippen LogP contribution in [0.2, 0.25) is 0 Å². The second kappa shape index (κ2) is 7.61. The summed E-state index contributed by atoms with van der Waals surface area (Å²) in [5.41, 5.74) is 1.06. The molecule has 4 rings (SSSR count). The van der Waals surface area contributed by atoms with E-state index in [-0.39, 0.29) is 11.9 Å². The highest BCUT2D eigenvalue weighted by molar-refractivity contribution is 7.09. The van der Waals surface area contributed by atoms with Crippen molar-refractivity contribution in [3.05, 3.63) is 63.9 Å². The third-order valence-corrected chi connectivity index (χ3v) is 5.92. The lowest BCUT2D eigenvalue weighted by Gasteiger charge is -2.32. The summed E-state index contributed by atoms with van der Waals surface area (Å²) >= 11 is 1.70. The quantitative estimate of drug-likeness (QED) is 0.629. The zero-order chi connectivity index (χ0) is 17.9. The number of nitrogens with zero attached hydrogens (tertiary/aromatic N) is 4. The summed E-state index contributed by atoms with van der Waals surface area (Å²) in [5, 5.41) is 14.6. The van der Waals surface area contributed by atoms with Crippen molar-refractivity contribution < 1.29 is 14.2 Å². The van der Waals surface area contributed by atoms with Crippen LogP contribution in [0.15, 0.2) is 41.8 Å². The van der Waals surface area contributed by atoms with Gasteiger partial charge in [0.05, 0.1) is 13.6 Å². The molecule has 1 aliphatic rings. The number of likely N-dealkylation sites (N-methyl/N-ethyl adjacent to an activating group) is 1. The van der Waals surface area contributed by atoms with Gasteiger partial charge in [-0.1, -0.05) is 6.07 Å². The van der Waals surface area contributed by atoms with Crippen LogP contribution >= 0.6 is 11.3 Å². The fourth-order valence-corrected chi connectivity index (χ4v) is 4.28. The van der Waals surface area contributed by atoms with Gasteiger partial charge in [-0.3, -0.25) is 0 Å². The highest BCUT2D eigenvalue weighted by Gasteiger charge is 2.34. The number of nitrogens with one attached hydrogen (secondary N) is 2. The number of hydrogen-bond acceptors (Lipinski definition) is 4. The first-order valence-corrected chi connectivity index (χ1v) is 9.78. The second-order valence-corrected chi connectivity index (χ2v) is 7.91. The minimum atomic E-state index is -0.219. The maximum Gasteiger partial charge on any atom is 0.214 e. The third kappa shape index (κ3) is 3.67. The first-order valence-electron chi connectivity index (χ1n) is 8.90. The molecule has 6 nitrogen and oxygen atoms in total. The van der Waals surface area contributed by atoms with E-state index in [2.05, 4.69) is 34.0 Å². The molecule has 136 valence electrons. The summed E-state index contributed by atoms with van der Waals surface area (Å²) in [6.07, 6.45) is 0. The highest BCUT2D eigenvalue weighted by Crippen LogP contribution is 2.19. The molecule has 3 heterocycles. The van der Waals surface area contributed by atoms with E-state index >= 15 is 0 Å². The first kappa shape index (κ1) is 17.3. The normalized spacial score (nSPS) is 21.6. The van der Waals surface area contributed by atoms with E-state index in [1.807, 2.05) is 22.9 Å². The van der Waals surface area contributed by atoms with Crippen molar-refractivity contribution in [2.24, 2.45) is 0 Å². The van der Waals surface area contributed by atoms with E-state index in [0.29, 0.717) is 6.54 Å². The Morgan fingerprint density at radius 1 is 1.15 bits per heavy atom. The smallest absolute Gasteiger partial charge is 0.214 e. The Labute approximate surface area is 155 Å². The van der Waals surface area contributed by atoms with Gasteiger partial charge in [0.1, 0.15) is 32.0 Å². The summed E-state index contributed by atoms with van der Waals surface area (Å²) in [4.78, 5) is 4.20. The monoisotopic (exact) mass is 374 g/mol. The van der Waals surface area contributed by atoms with Crippen molar-refractivity contribution in [1.29, 1.82) is 0 Å². The van der Waals surface area contributed by atoms with Gasteiger partial charge in [-0.2, -0.15) is 0 Å². The summed E-state index contributed by atoms with van der Waals surface area (Å²) < 4.78 is 15.3. The molecule has 1 saturated heterocycles. The van der Waals surface area contributed by atoms with Crippen molar-refractivity contribution >= 4 is 11.3 Å². The average Bonchev–Trinajstić information content (AvgIpc) is 3.32. The van der Waals surface area contributed by atoms with Crippen LogP contribution in [0.3, 0.4) is 0 Å². The Morgan fingerprint density at radius 2 is 1.92 bits per heavy atom. The zero-order valence-electron chi connectivity index (χ0n) is 14.7. The molecule has 1 fully saturated rings. The van der Waals surface area contributed by atoms with Crippen molar-refractivity contribution in [3.63, 3.8) is 0 Å². The minimum absolute atomic E-state index is 0.0127. The number of aromatic nitrogens is 4. The third-order valence-electron chi connectivity index (χ3n) is 5.06. The van der Waals surface area contributed by atoms with Gasteiger partial charge in [-0.05, 0) is 46.1 Å². The Morgan fingerprint density at radius 3 is 2.62 bits per heavy atom. The maximum absolute atomic E-state index is 13.5. The molecule has 1 aliphatic heterocycles. The molecule has 26 heavy (non-hydrogen) atoms. The van der Waals surface area contributed by atoms with E-state index in [1.54, 1.807) is 16.2 Å². The van der Waals surface area contributed by atoms with Crippen LogP contribution in [0.5, 0.6) is 0 Å². The van der Waals surface area contributed by atoms with Gasteiger partial charge >= 0.3 is 0 Å². The topological polar surface area (TPSA) is 52.5 Å². The molecule has 0 saturated carbocycles. The first-order chi connectivity index (χ1) is 12.7. The number of hydrogen-bond donors (Lipinski definition) is 2. The number of piperazine rings is 1. The Bertz CT molecular complexity index is 824. The summed E-state index contributed by atoms with van der Waals surface area (Å²) in [7, 11) is 2.23. The lowest BCUT2D eigenvalue weighted by molar-refractivity contribution is -1.02. The van der Waals surface area contributed by atoms with Gasteiger partial charge < -0.3 is 9.80 Å². The summed E-state index contributed by atoms with van der Waals surface area (Å²) in [6, 6.07) is 10.9. The number of tetrazole rings is 1. The second-order valence-electron chi connectivity index (χ2n) is 6.87. The Kier molecular flexibility index (Phi) is 5.05. The van der Waals surface area contributed by atoms with Crippen molar-refractivity contribution in [2.75, 3.05) is 33.2 Å². The molecular formula is C18H23FN6S+2. The predicted octanol–water partition coefficient (Wildman–Crippen LogP) is -0.575. The van der Waals surface area contributed by atoms with Crippen molar-refractivity contribution in [2.45, 2.75) is 12.6 Å². The molecule has 1 aromatic carbocycles. The van der Waals surface area contributed by atoms with Crippen LogP contribution in [0.25, 0.3) is 0 Å². The summed E-state index contributed by atoms with van der Waals surface area (Å²) in [6.45, 7) is 4.97. The van der Waals surface area contributed by atoms with Gasteiger partial charge in [0.2, 0.25) is 5.82 Å². The van der Waals surface area contributed by atoms with Gasteiger partial charge in [-0.15, -0.1) is 16.4 Å². The highest BCUT2D eigenvalue weighted by atomic mass is 32.1. The zero-order valence-corrected chi connectivity index (χ0v) is 15.5. The minimum Gasteiger partial charge on any atom is -0.328 e. The van der Waals surface area contributed by atoms with Crippen LogP contribution in [0.1, 0.15) is 22.3 Å². The average molecular weight is 374 g/mol. The van der Waals surface area contributed by atoms with Gasteiger partial charge in [0.15, 0.2) is 6.04 Å². The molecule has 2 aromatic heterocycles. The molecule has 0 amide bonds. The number of quaternary nitrogens is 2. The molecular weight excluding hydrogens is 351 g/mol. The summed E-state index contributed by atoms with van der Waals surface area (Å²) in [5.74, 6) is 0.628. The molecule has 0 unspecified atom stereocenters. The van der Waals surface area contributed by atoms with E-state index in [0.717, 1.165) is 37.6 Å². The molecule has 0 radical (unpaired) electrons. The van der Waals surface area contributed by atoms with Crippen LogP contribution in [0.4, 0.5) is 4.39 Å². The lowest BCUT2D eigenvalue weighted by Crippen LogP contribution is -3.27. The maximum atomic E-state index is 13.5.